The maximum Gasteiger partial charge on any atom is 0.136 e. The number of hydrogen-bond acceptors (Lipinski definition) is 1. The Labute approximate surface area is 142 Å². The van der Waals surface area contributed by atoms with E-state index in [1.165, 1.54) is 82.7 Å². The summed E-state index contributed by atoms with van der Waals surface area (Å²) in [4.78, 5) is 4.66. The van der Waals surface area contributed by atoms with Gasteiger partial charge >= 0.3 is 0 Å². The number of aromatic nitrogens is 2. The van der Waals surface area contributed by atoms with Gasteiger partial charge in [0.05, 0.1) is 5.69 Å². The van der Waals surface area contributed by atoms with E-state index in [0.29, 0.717) is 0 Å². The third-order valence-electron chi connectivity index (χ3n) is 4.70. The van der Waals surface area contributed by atoms with Crippen molar-refractivity contribution in [3.05, 3.63) is 36.3 Å². The molecule has 0 saturated heterocycles. The number of hydrogen-bond donors (Lipinski definition) is 0. The largest absolute Gasteiger partial charge is 0.307 e. The second-order valence-electron chi connectivity index (χ2n) is 6.84. The molecule has 2 heterocycles. The van der Waals surface area contributed by atoms with Crippen molar-refractivity contribution in [2.45, 2.75) is 90.4 Å². The van der Waals surface area contributed by atoms with E-state index < -0.39 is 0 Å². The molecule has 2 heteroatoms. The Morgan fingerprint density at radius 2 is 1.39 bits per heavy atom. The second-order valence-corrected chi connectivity index (χ2v) is 6.84. The molecule has 0 aliphatic rings. The van der Waals surface area contributed by atoms with E-state index in [4.69, 9.17) is 0 Å². The van der Waals surface area contributed by atoms with Crippen LogP contribution in [0.1, 0.15) is 89.7 Å². The first kappa shape index (κ1) is 18.0. The summed E-state index contributed by atoms with van der Waals surface area (Å²) < 4.78 is 2.12. The highest BCUT2D eigenvalue weighted by molar-refractivity contribution is 5.39. The number of fused-ring (bicyclic) bond motifs is 1. The van der Waals surface area contributed by atoms with Gasteiger partial charge in [-0.2, -0.15) is 0 Å². The maximum absolute atomic E-state index is 4.66. The molecule has 0 aliphatic heterocycles. The summed E-state index contributed by atoms with van der Waals surface area (Å²) in [5.74, 6) is 0. The summed E-state index contributed by atoms with van der Waals surface area (Å²) >= 11 is 0. The van der Waals surface area contributed by atoms with E-state index in [-0.39, 0.29) is 0 Å². The molecule has 0 aromatic carbocycles. The molecule has 128 valence electrons. The molecular weight excluding hydrogens is 280 g/mol. The smallest absolute Gasteiger partial charge is 0.136 e. The van der Waals surface area contributed by atoms with Gasteiger partial charge in [-0.1, -0.05) is 83.6 Å². The lowest BCUT2D eigenvalue weighted by molar-refractivity contribution is 0.543. The van der Waals surface area contributed by atoms with Crippen LogP contribution in [0.5, 0.6) is 0 Å². The van der Waals surface area contributed by atoms with Crippen molar-refractivity contribution >= 4 is 5.65 Å². The number of rotatable bonds is 13. The average molecular weight is 315 g/mol. The minimum Gasteiger partial charge on any atom is -0.307 e. The Morgan fingerprint density at radius 3 is 2.00 bits per heavy atom. The van der Waals surface area contributed by atoms with E-state index in [9.17, 15) is 0 Å². The van der Waals surface area contributed by atoms with Crippen molar-refractivity contribution in [1.29, 1.82) is 0 Å². The van der Waals surface area contributed by atoms with Crippen LogP contribution < -0.4 is 0 Å². The summed E-state index contributed by atoms with van der Waals surface area (Å²) in [5, 5.41) is 0. The Hall–Kier alpha value is -1.31. The van der Waals surface area contributed by atoms with Crippen molar-refractivity contribution in [3.63, 3.8) is 0 Å². The van der Waals surface area contributed by atoms with Gasteiger partial charge in [0.2, 0.25) is 0 Å². The number of pyridine rings is 1. The summed E-state index contributed by atoms with van der Waals surface area (Å²) in [7, 11) is 0. The lowest BCUT2D eigenvalue weighted by atomic mass is 10.0. The molecule has 0 amide bonds. The number of nitrogens with zero attached hydrogens (tertiary/aromatic N) is 2. The molecule has 0 aliphatic carbocycles. The van der Waals surface area contributed by atoms with Crippen molar-refractivity contribution < 1.29 is 0 Å². The average Bonchev–Trinajstić information content (AvgIpc) is 2.98. The van der Waals surface area contributed by atoms with Crippen LogP contribution in [0.3, 0.4) is 0 Å². The van der Waals surface area contributed by atoms with E-state index in [2.05, 4.69) is 46.9 Å². The van der Waals surface area contributed by atoms with E-state index in [1.54, 1.807) is 0 Å². The highest BCUT2D eigenvalue weighted by Crippen LogP contribution is 2.13. The predicted octanol–water partition coefficient (Wildman–Crippen LogP) is 6.58. The van der Waals surface area contributed by atoms with Crippen LogP contribution in [0.2, 0.25) is 0 Å². The minimum atomic E-state index is 1.07. The van der Waals surface area contributed by atoms with Crippen molar-refractivity contribution in [3.8, 4) is 0 Å². The maximum atomic E-state index is 4.66. The fourth-order valence-corrected chi connectivity index (χ4v) is 3.25. The molecule has 0 unspecified atom stereocenters. The lowest BCUT2D eigenvalue weighted by Crippen LogP contribution is -1.86. The molecule has 2 aromatic heterocycles. The zero-order chi connectivity index (χ0) is 16.2. The van der Waals surface area contributed by atoms with Gasteiger partial charge in [0, 0.05) is 12.4 Å². The molecule has 2 rings (SSSR count). The summed E-state index contributed by atoms with van der Waals surface area (Å²) in [6.07, 6.45) is 22.3. The zero-order valence-electron chi connectivity index (χ0n) is 15.0. The quantitative estimate of drug-likeness (QED) is 0.382. The van der Waals surface area contributed by atoms with E-state index in [1.807, 2.05) is 0 Å². The Bertz CT molecular complexity index is 496. The van der Waals surface area contributed by atoms with E-state index in [0.717, 1.165) is 12.1 Å². The first-order chi connectivity index (χ1) is 11.4. The third-order valence-corrected chi connectivity index (χ3v) is 4.70. The minimum absolute atomic E-state index is 1.07. The Balaban J connectivity index is 1.42. The topological polar surface area (TPSA) is 17.3 Å². The molecule has 2 aromatic rings. The fourth-order valence-electron chi connectivity index (χ4n) is 3.25. The van der Waals surface area contributed by atoms with Gasteiger partial charge < -0.3 is 4.40 Å². The summed E-state index contributed by atoms with van der Waals surface area (Å²) in [6.45, 7) is 2.29. The molecule has 0 fully saturated rings. The van der Waals surface area contributed by atoms with Gasteiger partial charge in [0.15, 0.2) is 0 Å². The molecule has 2 nitrogen and oxygen atoms in total. The van der Waals surface area contributed by atoms with Crippen LogP contribution >= 0.6 is 0 Å². The van der Waals surface area contributed by atoms with Gasteiger partial charge in [-0.05, 0) is 25.0 Å². The molecule has 0 spiro atoms. The van der Waals surface area contributed by atoms with Gasteiger partial charge in [-0.15, -0.1) is 0 Å². The van der Waals surface area contributed by atoms with Crippen LogP contribution in [0.25, 0.3) is 5.65 Å². The Kier molecular flexibility index (Phi) is 8.83. The van der Waals surface area contributed by atoms with Crippen LogP contribution in [0, 0.1) is 0 Å². The molecule has 0 saturated carbocycles. The number of imidazole rings is 1. The van der Waals surface area contributed by atoms with Crippen LogP contribution in [0.15, 0.2) is 30.6 Å². The van der Waals surface area contributed by atoms with Crippen molar-refractivity contribution in [1.82, 2.24) is 9.38 Å². The third kappa shape index (κ3) is 7.20. The normalized spacial score (nSPS) is 11.3. The van der Waals surface area contributed by atoms with Gasteiger partial charge in [-0.25, -0.2) is 4.98 Å². The summed E-state index contributed by atoms with van der Waals surface area (Å²) in [6, 6.07) is 6.18. The van der Waals surface area contributed by atoms with Crippen molar-refractivity contribution in [2.24, 2.45) is 0 Å². The number of unbranched alkanes of at least 4 members (excludes halogenated alkanes) is 11. The van der Waals surface area contributed by atoms with Gasteiger partial charge in [0.25, 0.3) is 0 Å². The Morgan fingerprint density at radius 1 is 0.783 bits per heavy atom. The monoisotopic (exact) mass is 314 g/mol. The molecule has 0 atom stereocenters. The molecule has 23 heavy (non-hydrogen) atoms. The van der Waals surface area contributed by atoms with Crippen LogP contribution in [0.4, 0.5) is 0 Å². The van der Waals surface area contributed by atoms with Gasteiger partial charge in [-0.3, -0.25) is 0 Å². The SMILES string of the molecule is CCCCCCCCCCCCCCc1cn2ccccc2n1. The molecule has 0 radical (unpaired) electrons. The van der Waals surface area contributed by atoms with Crippen LogP contribution in [-0.2, 0) is 6.42 Å². The highest BCUT2D eigenvalue weighted by atomic mass is 15.0. The highest BCUT2D eigenvalue weighted by Gasteiger charge is 2.00. The van der Waals surface area contributed by atoms with E-state index >= 15 is 0 Å². The predicted molar refractivity (Wildman–Crippen MR) is 100.0 cm³/mol. The second kappa shape index (κ2) is 11.3. The standard InChI is InChI=1S/C21H34N2/c1-2-3-4-5-6-7-8-9-10-11-12-13-16-20-19-23-18-15-14-17-21(23)22-20/h14-15,17-19H,2-13,16H2,1H3. The number of aryl methyl sites for hydroxylation is 1. The first-order valence-corrected chi connectivity index (χ1v) is 9.83. The van der Waals surface area contributed by atoms with Gasteiger partial charge in [0.1, 0.15) is 5.65 Å². The molecular formula is C21H34N2. The van der Waals surface area contributed by atoms with Crippen LogP contribution in [-0.4, -0.2) is 9.38 Å². The molecule has 0 bridgehead atoms. The first-order valence-electron chi connectivity index (χ1n) is 9.83. The van der Waals surface area contributed by atoms with Crippen molar-refractivity contribution in [2.75, 3.05) is 0 Å². The fraction of sp³-hybridized carbons (Fsp3) is 0.667. The molecule has 0 N–H and O–H groups in total. The zero-order valence-corrected chi connectivity index (χ0v) is 15.0. The lowest BCUT2D eigenvalue weighted by Gasteiger charge is -2.02. The summed E-state index contributed by atoms with van der Waals surface area (Å²) in [5.41, 5.74) is 2.31.